The predicted octanol–water partition coefficient (Wildman–Crippen LogP) is 3.50. The van der Waals surface area contributed by atoms with Gasteiger partial charge in [-0.15, -0.1) is 23.5 Å². The molecule has 0 aliphatic carbocycles. The molecule has 0 atom stereocenters. The molecule has 0 amide bonds. The Morgan fingerprint density at radius 3 is 2.80 bits per heavy atom. The summed E-state index contributed by atoms with van der Waals surface area (Å²) in [5, 5.41) is 0. The van der Waals surface area contributed by atoms with Gasteiger partial charge in [0.2, 0.25) is 0 Å². The summed E-state index contributed by atoms with van der Waals surface area (Å²) in [6.45, 7) is 0. The van der Waals surface area contributed by atoms with Crippen LogP contribution in [0.25, 0.3) is 0 Å². The fraction of sp³-hybridized carbons (Fsp3) is 0.455. The van der Waals surface area contributed by atoms with E-state index in [9.17, 15) is 4.39 Å². The van der Waals surface area contributed by atoms with Crippen LogP contribution in [-0.4, -0.2) is 18.6 Å². The van der Waals surface area contributed by atoms with Crippen LogP contribution in [0.3, 0.4) is 0 Å². The molecule has 0 N–H and O–H groups in total. The van der Waals surface area contributed by atoms with Gasteiger partial charge in [-0.25, -0.2) is 4.39 Å². The molecule has 15 heavy (non-hydrogen) atoms. The highest BCUT2D eigenvalue weighted by Gasteiger charge is 2.21. The Hall–Kier alpha value is -0.350. The molecule has 1 saturated heterocycles. The zero-order valence-corrected chi connectivity index (χ0v) is 10.1. The van der Waals surface area contributed by atoms with Crippen LogP contribution in [0.1, 0.15) is 16.6 Å². The smallest absolute Gasteiger partial charge is 0.166 e. The number of benzene rings is 1. The van der Waals surface area contributed by atoms with Gasteiger partial charge in [-0.3, -0.25) is 0 Å². The van der Waals surface area contributed by atoms with Crippen molar-refractivity contribution in [2.24, 2.45) is 0 Å². The van der Waals surface area contributed by atoms with E-state index in [-0.39, 0.29) is 5.82 Å². The minimum Gasteiger partial charge on any atom is -0.493 e. The number of ether oxygens (including phenoxy) is 1. The van der Waals surface area contributed by atoms with Gasteiger partial charge >= 0.3 is 0 Å². The van der Waals surface area contributed by atoms with Crippen LogP contribution < -0.4 is 4.74 Å². The minimum absolute atomic E-state index is 0.292. The van der Waals surface area contributed by atoms with E-state index in [0.717, 1.165) is 17.1 Å². The monoisotopic (exact) mass is 243 g/mol. The largest absolute Gasteiger partial charge is 0.493 e. The molecule has 1 heterocycles. The van der Waals surface area contributed by atoms with Gasteiger partial charge in [-0.2, -0.15) is 0 Å². The first-order valence-corrected chi connectivity index (χ1v) is 6.89. The Morgan fingerprint density at radius 1 is 1.40 bits per heavy atom. The lowest BCUT2D eigenvalue weighted by atomic mass is 10.2. The lowest BCUT2D eigenvalue weighted by molar-refractivity contribution is 0.383. The van der Waals surface area contributed by atoms with Gasteiger partial charge in [0.15, 0.2) is 11.6 Å². The van der Waals surface area contributed by atoms with E-state index in [1.165, 1.54) is 19.6 Å². The molecule has 2 rings (SSSR count). The molecule has 1 radical (unpaired) electrons. The maximum absolute atomic E-state index is 13.4. The van der Waals surface area contributed by atoms with Gasteiger partial charge in [0.1, 0.15) is 0 Å². The van der Waals surface area contributed by atoms with Gasteiger partial charge < -0.3 is 4.74 Å². The molecule has 1 fully saturated rings. The second-order valence-electron chi connectivity index (χ2n) is 3.22. The van der Waals surface area contributed by atoms with E-state index < -0.39 is 0 Å². The third-order valence-corrected chi connectivity index (χ3v) is 5.19. The maximum Gasteiger partial charge on any atom is 0.166 e. The first-order valence-electron chi connectivity index (χ1n) is 4.79. The van der Waals surface area contributed by atoms with E-state index in [0.29, 0.717) is 10.3 Å². The normalized spacial score (nSPS) is 17.7. The van der Waals surface area contributed by atoms with Crippen LogP contribution in [0, 0.1) is 11.9 Å². The quantitative estimate of drug-likeness (QED) is 0.786. The SMILES string of the molecule is COc1c(F)c[c]cc1C1SCCCS1. The van der Waals surface area contributed by atoms with Crippen LogP contribution in [-0.2, 0) is 0 Å². The first-order chi connectivity index (χ1) is 7.33. The summed E-state index contributed by atoms with van der Waals surface area (Å²) in [5.74, 6) is 2.33. The average molecular weight is 243 g/mol. The second kappa shape index (κ2) is 5.12. The molecule has 1 aromatic rings. The van der Waals surface area contributed by atoms with E-state index in [2.05, 4.69) is 6.07 Å². The molecule has 0 saturated carbocycles. The van der Waals surface area contributed by atoms with Gasteiger partial charge in [-0.1, -0.05) is 0 Å². The third kappa shape index (κ3) is 2.42. The minimum atomic E-state index is -0.318. The van der Waals surface area contributed by atoms with Crippen LogP contribution in [0.15, 0.2) is 12.1 Å². The molecular weight excluding hydrogens is 231 g/mol. The summed E-state index contributed by atoms with van der Waals surface area (Å²) in [5.41, 5.74) is 0.923. The molecule has 0 aromatic heterocycles. The Bertz CT molecular complexity index is 337. The van der Waals surface area contributed by atoms with Crippen molar-refractivity contribution in [3.8, 4) is 5.75 Å². The van der Waals surface area contributed by atoms with Crippen molar-refractivity contribution in [3.05, 3.63) is 29.6 Å². The number of methoxy groups -OCH3 is 1. The second-order valence-corrected chi connectivity index (χ2v) is 5.94. The Kier molecular flexibility index (Phi) is 3.81. The van der Waals surface area contributed by atoms with Crippen molar-refractivity contribution in [2.75, 3.05) is 18.6 Å². The highest BCUT2D eigenvalue weighted by Crippen LogP contribution is 2.47. The number of thioether (sulfide) groups is 2. The van der Waals surface area contributed by atoms with Crippen LogP contribution in [0.4, 0.5) is 4.39 Å². The lowest BCUT2D eigenvalue weighted by Gasteiger charge is -2.22. The van der Waals surface area contributed by atoms with Crippen molar-refractivity contribution in [1.82, 2.24) is 0 Å². The number of rotatable bonds is 2. The summed E-state index contributed by atoms with van der Waals surface area (Å²) in [6, 6.07) is 5.97. The van der Waals surface area contributed by atoms with Gasteiger partial charge in [0, 0.05) is 5.56 Å². The number of halogens is 1. The molecule has 81 valence electrons. The van der Waals surface area contributed by atoms with E-state index in [1.54, 1.807) is 0 Å². The van der Waals surface area contributed by atoms with Crippen molar-refractivity contribution < 1.29 is 9.13 Å². The first kappa shape index (κ1) is 11.1. The lowest BCUT2D eigenvalue weighted by Crippen LogP contribution is -2.03. The summed E-state index contributed by atoms with van der Waals surface area (Å²) in [7, 11) is 1.51. The molecule has 4 heteroatoms. The predicted molar refractivity (Wildman–Crippen MR) is 64.1 cm³/mol. The van der Waals surface area contributed by atoms with Gasteiger partial charge in [-0.05, 0) is 36.1 Å². The van der Waals surface area contributed by atoms with Crippen molar-refractivity contribution in [3.63, 3.8) is 0 Å². The van der Waals surface area contributed by atoms with Crippen LogP contribution >= 0.6 is 23.5 Å². The molecule has 1 aromatic carbocycles. The van der Waals surface area contributed by atoms with Crippen molar-refractivity contribution >= 4 is 23.5 Å². The van der Waals surface area contributed by atoms with E-state index in [1.807, 2.05) is 29.6 Å². The highest BCUT2D eigenvalue weighted by atomic mass is 32.2. The van der Waals surface area contributed by atoms with Crippen molar-refractivity contribution in [1.29, 1.82) is 0 Å². The fourth-order valence-electron chi connectivity index (χ4n) is 1.53. The molecule has 0 bridgehead atoms. The van der Waals surface area contributed by atoms with Crippen LogP contribution in [0.2, 0.25) is 0 Å². The zero-order chi connectivity index (χ0) is 10.7. The van der Waals surface area contributed by atoms with Crippen LogP contribution in [0.5, 0.6) is 5.75 Å². The Balaban J connectivity index is 2.29. The zero-order valence-electron chi connectivity index (χ0n) is 8.46. The summed E-state index contributed by atoms with van der Waals surface area (Å²) in [4.78, 5) is 0. The standard InChI is InChI=1S/C11H12FOS2/c1-13-10-8(4-2-5-9(10)12)11-14-6-3-7-15-11/h4-5,11H,3,6-7H2,1H3. The van der Waals surface area contributed by atoms with E-state index in [4.69, 9.17) is 4.74 Å². The Morgan fingerprint density at radius 2 is 2.13 bits per heavy atom. The molecule has 1 nitrogen and oxygen atoms in total. The molecule has 0 unspecified atom stereocenters. The molecule has 1 aliphatic rings. The van der Waals surface area contributed by atoms with E-state index >= 15 is 0 Å². The molecular formula is C11H12FOS2. The molecule has 0 spiro atoms. The van der Waals surface area contributed by atoms with Gasteiger partial charge in [0.05, 0.1) is 11.7 Å². The summed E-state index contributed by atoms with van der Waals surface area (Å²) < 4.78 is 18.8. The number of hydrogen-bond acceptors (Lipinski definition) is 3. The topological polar surface area (TPSA) is 9.23 Å². The highest BCUT2D eigenvalue weighted by molar-refractivity contribution is 8.16. The number of hydrogen-bond donors (Lipinski definition) is 0. The van der Waals surface area contributed by atoms with Gasteiger partial charge in [0.25, 0.3) is 0 Å². The maximum atomic E-state index is 13.4. The fourth-order valence-corrected chi connectivity index (χ4v) is 4.44. The summed E-state index contributed by atoms with van der Waals surface area (Å²) in [6.07, 6.45) is 1.23. The third-order valence-electron chi connectivity index (χ3n) is 2.21. The Labute approximate surface area is 97.8 Å². The van der Waals surface area contributed by atoms with Crippen molar-refractivity contribution in [2.45, 2.75) is 11.0 Å². The molecule has 1 aliphatic heterocycles. The average Bonchev–Trinajstić information content (AvgIpc) is 2.30. The summed E-state index contributed by atoms with van der Waals surface area (Å²) >= 11 is 3.70.